The zero-order valence-electron chi connectivity index (χ0n) is 12.5. The Morgan fingerprint density at radius 3 is 2.27 bits per heavy atom. The number of amides is 2. The first-order chi connectivity index (χ1) is 10.4. The van der Waals surface area contributed by atoms with Gasteiger partial charge in [-0.15, -0.1) is 0 Å². The summed E-state index contributed by atoms with van der Waals surface area (Å²) < 4.78 is 13.0. The van der Waals surface area contributed by atoms with Crippen LogP contribution in [0.5, 0.6) is 0 Å². The first kappa shape index (κ1) is 16.3. The molecule has 22 heavy (non-hydrogen) atoms. The largest absolute Gasteiger partial charge is 0.334 e. The SMILES string of the molecule is CC(C)(NC(=O)NCc1ccc(Cl)cc1)c1ccc(F)cc1. The quantitative estimate of drug-likeness (QED) is 0.870. The minimum Gasteiger partial charge on any atom is -0.334 e. The van der Waals surface area contributed by atoms with Crippen LogP contribution < -0.4 is 10.6 Å². The molecule has 0 atom stereocenters. The van der Waals surface area contributed by atoms with Gasteiger partial charge in [0, 0.05) is 11.6 Å². The predicted octanol–water partition coefficient (Wildman–Crippen LogP) is 4.21. The molecule has 2 rings (SSSR count). The van der Waals surface area contributed by atoms with E-state index in [1.54, 1.807) is 24.3 Å². The molecule has 0 aliphatic rings. The van der Waals surface area contributed by atoms with Gasteiger partial charge in [0.2, 0.25) is 0 Å². The number of nitrogens with one attached hydrogen (secondary N) is 2. The number of carbonyl (C=O) groups excluding carboxylic acids is 1. The van der Waals surface area contributed by atoms with Crippen LogP contribution in [0, 0.1) is 5.82 Å². The van der Waals surface area contributed by atoms with E-state index in [2.05, 4.69) is 10.6 Å². The van der Waals surface area contributed by atoms with Crippen molar-refractivity contribution < 1.29 is 9.18 Å². The molecule has 0 saturated heterocycles. The molecule has 0 radical (unpaired) electrons. The van der Waals surface area contributed by atoms with Crippen LogP contribution in [0.25, 0.3) is 0 Å². The average Bonchev–Trinajstić information content (AvgIpc) is 2.46. The van der Waals surface area contributed by atoms with Gasteiger partial charge >= 0.3 is 6.03 Å². The van der Waals surface area contributed by atoms with Gasteiger partial charge in [0.05, 0.1) is 5.54 Å². The fourth-order valence-corrected chi connectivity index (χ4v) is 2.18. The number of halogens is 2. The van der Waals surface area contributed by atoms with Crippen LogP contribution in [0.3, 0.4) is 0 Å². The van der Waals surface area contributed by atoms with E-state index in [0.717, 1.165) is 11.1 Å². The Morgan fingerprint density at radius 1 is 1.09 bits per heavy atom. The summed E-state index contributed by atoms with van der Waals surface area (Å²) in [4.78, 5) is 12.0. The van der Waals surface area contributed by atoms with E-state index in [0.29, 0.717) is 11.6 Å². The van der Waals surface area contributed by atoms with Crippen molar-refractivity contribution in [3.05, 3.63) is 70.5 Å². The molecular formula is C17H18ClFN2O. The highest BCUT2D eigenvalue weighted by atomic mass is 35.5. The van der Waals surface area contributed by atoms with Gasteiger partial charge in [-0.3, -0.25) is 0 Å². The third-order valence-corrected chi connectivity index (χ3v) is 3.61. The first-order valence-corrected chi connectivity index (χ1v) is 7.31. The highest BCUT2D eigenvalue weighted by Gasteiger charge is 2.22. The number of rotatable bonds is 4. The molecule has 3 nitrogen and oxygen atoms in total. The second kappa shape index (κ2) is 6.79. The van der Waals surface area contributed by atoms with Crippen LogP contribution in [-0.4, -0.2) is 6.03 Å². The number of carbonyl (C=O) groups is 1. The van der Waals surface area contributed by atoms with Crippen molar-refractivity contribution in [1.29, 1.82) is 0 Å². The van der Waals surface area contributed by atoms with Crippen molar-refractivity contribution in [2.24, 2.45) is 0 Å². The maximum absolute atomic E-state index is 13.0. The molecule has 0 aliphatic heterocycles. The minimum atomic E-state index is -0.599. The molecule has 0 bridgehead atoms. The fourth-order valence-electron chi connectivity index (χ4n) is 2.05. The topological polar surface area (TPSA) is 41.1 Å². The summed E-state index contributed by atoms with van der Waals surface area (Å²) >= 11 is 5.81. The van der Waals surface area contributed by atoms with Crippen molar-refractivity contribution in [2.45, 2.75) is 25.9 Å². The lowest BCUT2D eigenvalue weighted by atomic mass is 9.94. The Labute approximate surface area is 134 Å². The van der Waals surface area contributed by atoms with Crippen molar-refractivity contribution in [3.63, 3.8) is 0 Å². The normalized spacial score (nSPS) is 11.1. The van der Waals surface area contributed by atoms with Crippen molar-refractivity contribution in [1.82, 2.24) is 10.6 Å². The molecular weight excluding hydrogens is 303 g/mol. The molecule has 2 amide bonds. The summed E-state index contributed by atoms with van der Waals surface area (Å²) in [5.41, 5.74) is 1.19. The smallest absolute Gasteiger partial charge is 0.315 e. The molecule has 2 aromatic rings. The maximum Gasteiger partial charge on any atom is 0.315 e. The molecule has 0 unspecified atom stereocenters. The lowest BCUT2D eigenvalue weighted by Gasteiger charge is -2.27. The number of hydrogen-bond acceptors (Lipinski definition) is 1. The van der Waals surface area contributed by atoms with Crippen LogP contribution in [0.4, 0.5) is 9.18 Å². The van der Waals surface area contributed by atoms with E-state index < -0.39 is 5.54 Å². The Balaban J connectivity index is 1.92. The zero-order chi connectivity index (χ0) is 16.2. The van der Waals surface area contributed by atoms with E-state index in [4.69, 9.17) is 11.6 Å². The summed E-state index contributed by atoms with van der Waals surface area (Å²) in [7, 11) is 0. The standard InChI is InChI=1S/C17H18ClFN2O/c1-17(2,13-5-9-15(19)10-6-13)21-16(22)20-11-12-3-7-14(18)8-4-12/h3-10H,11H2,1-2H3,(H2,20,21,22). The van der Waals surface area contributed by atoms with E-state index in [-0.39, 0.29) is 11.8 Å². The van der Waals surface area contributed by atoms with Gasteiger partial charge in [-0.05, 0) is 49.2 Å². The Hall–Kier alpha value is -2.07. The molecule has 0 aromatic heterocycles. The highest BCUT2D eigenvalue weighted by Crippen LogP contribution is 2.20. The van der Waals surface area contributed by atoms with Crippen LogP contribution in [0.15, 0.2) is 48.5 Å². The molecule has 116 valence electrons. The summed E-state index contributed by atoms with van der Waals surface area (Å²) in [6.45, 7) is 4.13. The minimum absolute atomic E-state index is 0.288. The fraction of sp³-hybridized carbons (Fsp3) is 0.235. The van der Waals surface area contributed by atoms with Crippen molar-refractivity contribution in [3.8, 4) is 0 Å². The maximum atomic E-state index is 13.0. The van der Waals surface area contributed by atoms with Gasteiger partial charge in [-0.25, -0.2) is 9.18 Å². The molecule has 5 heteroatoms. The van der Waals surface area contributed by atoms with Gasteiger partial charge in [-0.2, -0.15) is 0 Å². The zero-order valence-corrected chi connectivity index (χ0v) is 13.2. The highest BCUT2D eigenvalue weighted by molar-refractivity contribution is 6.30. The second-order valence-electron chi connectivity index (χ2n) is 5.57. The lowest BCUT2D eigenvalue weighted by Crippen LogP contribution is -2.46. The molecule has 2 aromatic carbocycles. The summed E-state index contributed by atoms with van der Waals surface area (Å²) in [5, 5.41) is 6.32. The van der Waals surface area contributed by atoms with Crippen LogP contribution in [0.2, 0.25) is 5.02 Å². The number of benzene rings is 2. The van der Waals surface area contributed by atoms with Crippen LogP contribution in [-0.2, 0) is 12.1 Å². The van der Waals surface area contributed by atoms with Gasteiger partial charge in [0.15, 0.2) is 0 Å². The van der Waals surface area contributed by atoms with Crippen LogP contribution in [0.1, 0.15) is 25.0 Å². The molecule has 0 aliphatic carbocycles. The number of urea groups is 1. The lowest BCUT2D eigenvalue weighted by molar-refractivity contribution is 0.229. The van der Waals surface area contributed by atoms with E-state index in [1.807, 2.05) is 26.0 Å². The Morgan fingerprint density at radius 2 is 1.68 bits per heavy atom. The Kier molecular flexibility index (Phi) is 5.03. The average molecular weight is 321 g/mol. The summed E-state index contributed by atoms with van der Waals surface area (Å²) in [5.74, 6) is -0.299. The van der Waals surface area contributed by atoms with Crippen molar-refractivity contribution in [2.75, 3.05) is 0 Å². The van der Waals surface area contributed by atoms with E-state index >= 15 is 0 Å². The van der Waals surface area contributed by atoms with Crippen LogP contribution >= 0.6 is 11.6 Å². The third kappa shape index (κ3) is 4.46. The van der Waals surface area contributed by atoms with Crippen molar-refractivity contribution >= 4 is 17.6 Å². The second-order valence-corrected chi connectivity index (χ2v) is 6.00. The first-order valence-electron chi connectivity index (χ1n) is 6.93. The number of hydrogen-bond donors (Lipinski definition) is 2. The monoisotopic (exact) mass is 320 g/mol. The molecule has 0 fully saturated rings. The molecule has 0 heterocycles. The van der Waals surface area contributed by atoms with Gasteiger partial charge < -0.3 is 10.6 Å². The predicted molar refractivity (Wildman–Crippen MR) is 86.2 cm³/mol. The van der Waals surface area contributed by atoms with Gasteiger partial charge in [-0.1, -0.05) is 35.9 Å². The Bertz CT molecular complexity index is 639. The molecule has 0 saturated carbocycles. The van der Waals surface area contributed by atoms with Gasteiger partial charge in [0.1, 0.15) is 5.82 Å². The molecule has 2 N–H and O–H groups in total. The summed E-state index contributed by atoms with van der Waals surface area (Å²) in [6, 6.07) is 13.1. The molecule has 0 spiro atoms. The summed E-state index contributed by atoms with van der Waals surface area (Å²) in [6.07, 6.45) is 0. The van der Waals surface area contributed by atoms with E-state index in [9.17, 15) is 9.18 Å². The van der Waals surface area contributed by atoms with Gasteiger partial charge in [0.25, 0.3) is 0 Å². The van der Waals surface area contributed by atoms with E-state index in [1.165, 1.54) is 12.1 Å². The third-order valence-electron chi connectivity index (χ3n) is 3.36.